The summed E-state index contributed by atoms with van der Waals surface area (Å²) in [6, 6.07) is 4.53. The number of imide groups is 1. The number of rotatable bonds is 1. The van der Waals surface area contributed by atoms with Crippen LogP contribution < -0.4 is 5.32 Å². The summed E-state index contributed by atoms with van der Waals surface area (Å²) < 4.78 is 0. The van der Waals surface area contributed by atoms with E-state index in [0.717, 1.165) is 5.56 Å². The maximum absolute atomic E-state index is 12.7. The Kier molecular flexibility index (Phi) is 3.52. The van der Waals surface area contributed by atoms with Gasteiger partial charge in [-0.05, 0) is 23.5 Å². The number of amides is 3. The van der Waals surface area contributed by atoms with E-state index in [-0.39, 0.29) is 30.1 Å². The molecular formula is C17H20N2O4. The summed E-state index contributed by atoms with van der Waals surface area (Å²) in [5.41, 5.74) is 1.63. The Hall–Kier alpha value is -2.21. The second-order valence-electron chi connectivity index (χ2n) is 7.07. The van der Waals surface area contributed by atoms with E-state index in [2.05, 4.69) is 5.32 Å². The zero-order valence-corrected chi connectivity index (χ0v) is 13.4. The molecule has 0 spiro atoms. The van der Waals surface area contributed by atoms with E-state index >= 15 is 0 Å². The topological polar surface area (TPSA) is 86.7 Å². The first kappa shape index (κ1) is 15.7. The number of carbonyl (C=O) groups excluding carboxylic acids is 3. The molecule has 1 aromatic carbocycles. The highest BCUT2D eigenvalue weighted by Crippen LogP contribution is 2.40. The molecule has 2 aliphatic rings. The summed E-state index contributed by atoms with van der Waals surface area (Å²) in [6.07, 6.45) is -0.779. The third kappa shape index (κ3) is 2.43. The number of hydrogen-bond donors (Lipinski definition) is 2. The Morgan fingerprint density at radius 2 is 1.91 bits per heavy atom. The molecule has 3 amide bonds. The van der Waals surface area contributed by atoms with Crippen LogP contribution in [-0.2, 0) is 15.0 Å². The molecule has 2 N–H and O–H groups in total. The lowest BCUT2D eigenvalue weighted by molar-refractivity contribution is -0.139. The average Bonchev–Trinajstić information content (AvgIpc) is 2.71. The van der Waals surface area contributed by atoms with Crippen molar-refractivity contribution in [3.05, 3.63) is 34.9 Å². The van der Waals surface area contributed by atoms with E-state index < -0.39 is 18.2 Å². The molecule has 1 fully saturated rings. The number of aliphatic hydroxyl groups is 1. The van der Waals surface area contributed by atoms with Crippen LogP contribution in [0.3, 0.4) is 0 Å². The van der Waals surface area contributed by atoms with Gasteiger partial charge in [-0.1, -0.05) is 32.9 Å². The number of carbonyl (C=O) groups is 3. The smallest absolute Gasteiger partial charge is 0.257 e. The van der Waals surface area contributed by atoms with Crippen molar-refractivity contribution < 1.29 is 19.5 Å². The van der Waals surface area contributed by atoms with Crippen LogP contribution in [0.5, 0.6) is 0 Å². The van der Waals surface area contributed by atoms with Crippen molar-refractivity contribution in [3.8, 4) is 0 Å². The minimum atomic E-state index is -1.17. The van der Waals surface area contributed by atoms with E-state index in [1.165, 1.54) is 4.90 Å². The predicted octanol–water partition coefficient (Wildman–Crippen LogP) is 1.24. The summed E-state index contributed by atoms with van der Waals surface area (Å²) in [5.74, 6) is -1.24. The van der Waals surface area contributed by atoms with Crippen LogP contribution in [0.2, 0.25) is 0 Å². The lowest BCUT2D eigenvalue weighted by Gasteiger charge is -2.32. The van der Waals surface area contributed by atoms with Gasteiger partial charge in [0.15, 0.2) is 6.23 Å². The molecule has 1 aromatic rings. The zero-order chi connectivity index (χ0) is 16.9. The van der Waals surface area contributed by atoms with Crippen LogP contribution >= 0.6 is 0 Å². The fraction of sp³-hybridized carbons (Fsp3) is 0.471. The first-order valence-electron chi connectivity index (χ1n) is 7.69. The van der Waals surface area contributed by atoms with Gasteiger partial charge in [-0.3, -0.25) is 24.6 Å². The van der Waals surface area contributed by atoms with Crippen LogP contribution in [0.25, 0.3) is 0 Å². The van der Waals surface area contributed by atoms with Crippen LogP contribution in [0, 0.1) is 0 Å². The van der Waals surface area contributed by atoms with Gasteiger partial charge in [-0.15, -0.1) is 0 Å². The number of piperidine rings is 1. The molecule has 0 saturated carbocycles. The molecule has 6 heteroatoms. The quantitative estimate of drug-likeness (QED) is 0.763. The molecule has 23 heavy (non-hydrogen) atoms. The normalized spacial score (nSPS) is 24.7. The molecule has 2 heterocycles. The Balaban J connectivity index is 2.03. The van der Waals surface area contributed by atoms with Gasteiger partial charge in [0.1, 0.15) is 6.04 Å². The molecule has 0 bridgehead atoms. The van der Waals surface area contributed by atoms with Gasteiger partial charge in [0, 0.05) is 17.5 Å². The minimum absolute atomic E-state index is 0.162. The molecule has 0 aliphatic carbocycles. The number of nitrogens with one attached hydrogen (secondary N) is 1. The number of benzene rings is 1. The predicted molar refractivity (Wildman–Crippen MR) is 82.4 cm³/mol. The maximum atomic E-state index is 12.7. The second-order valence-corrected chi connectivity index (χ2v) is 7.07. The summed E-state index contributed by atoms with van der Waals surface area (Å²) >= 11 is 0. The Morgan fingerprint density at radius 1 is 1.22 bits per heavy atom. The fourth-order valence-corrected chi connectivity index (χ4v) is 3.33. The second kappa shape index (κ2) is 5.16. The SMILES string of the molecule is CC(C)(C)c1cccc2c1C(O)N(C1CCC(=O)NC1=O)C2=O. The highest BCUT2D eigenvalue weighted by molar-refractivity contribution is 6.05. The van der Waals surface area contributed by atoms with Crippen molar-refractivity contribution in [1.82, 2.24) is 10.2 Å². The van der Waals surface area contributed by atoms with E-state index in [9.17, 15) is 19.5 Å². The standard InChI is InChI=1S/C17H20N2O4/c1-17(2,3)10-6-4-5-9-13(10)16(23)19(15(9)22)11-7-8-12(20)18-14(11)21/h4-6,11,16,23H,7-8H2,1-3H3,(H,18,20,21). The van der Waals surface area contributed by atoms with Crippen LogP contribution in [0.4, 0.5) is 0 Å². The Morgan fingerprint density at radius 3 is 2.52 bits per heavy atom. The molecule has 2 atom stereocenters. The van der Waals surface area contributed by atoms with Gasteiger partial charge >= 0.3 is 0 Å². The first-order valence-corrected chi connectivity index (χ1v) is 7.69. The Bertz CT molecular complexity index is 705. The minimum Gasteiger partial charge on any atom is -0.369 e. The third-order valence-corrected chi connectivity index (χ3v) is 4.45. The molecule has 2 aliphatic heterocycles. The maximum Gasteiger partial charge on any atom is 0.257 e. The molecule has 6 nitrogen and oxygen atoms in total. The lowest BCUT2D eigenvalue weighted by Crippen LogP contribution is -2.53. The molecule has 0 radical (unpaired) electrons. The van der Waals surface area contributed by atoms with Crippen LogP contribution in [0.15, 0.2) is 18.2 Å². The van der Waals surface area contributed by atoms with Crippen molar-refractivity contribution in [3.63, 3.8) is 0 Å². The van der Waals surface area contributed by atoms with Crippen LogP contribution in [-0.4, -0.2) is 33.8 Å². The average molecular weight is 316 g/mol. The summed E-state index contributed by atoms with van der Waals surface area (Å²) in [6.45, 7) is 6.03. The van der Waals surface area contributed by atoms with Crippen LogP contribution in [0.1, 0.15) is 61.3 Å². The molecular weight excluding hydrogens is 296 g/mol. The number of aliphatic hydroxyl groups excluding tert-OH is 1. The van der Waals surface area contributed by atoms with Gasteiger partial charge in [0.2, 0.25) is 11.8 Å². The number of fused-ring (bicyclic) bond motifs is 1. The van der Waals surface area contributed by atoms with Crippen molar-refractivity contribution in [2.45, 2.75) is 51.3 Å². The van der Waals surface area contributed by atoms with Crippen molar-refractivity contribution in [1.29, 1.82) is 0 Å². The van der Waals surface area contributed by atoms with Crippen molar-refractivity contribution >= 4 is 17.7 Å². The van der Waals surface area contributed by atoms with Gasteiger partial charge in [0.05, 0.1) is 0 Å². The van der Waals surface area contributed by atoms with Gasteiger partial charge in [-0.25, -0.2) is 0 Å². The first-order chi connectivity index (χ1) is 10.7. The summed E-state index contributed by atoms with van der Waals surface area (Å²) in [4.78, 5) is 37.3. The molecule has 1 saturated heterocycles. The third-order valence-electron chi connectivity index (χ3n) is 4.45. The van der Waals surface area contributed by atoms with Gasteiger partial charge in [0.25, 0.3) is 5.91 Å². The summed E-state index contributed by atoms with van der Waals surface area (Å²) in [5, 5.41) is 13.0. The number of hydrogen-bond acceptors (Lipinski definition) is 4. The van der Waals surface area contributed by atoms with Crippen molar-refractivity contribution in [2.24, 2.45) is 0 Å². The zero-order valence-electron chi connectivity index (χ0n) is 13.4. The van der Waals surface area contributed by atoms with E-state index in [1.807, 2.05) is 26.8 Å². The highest BCUT2D eigenvalue weighted by atomic mass is 16.3. The van der Waals surface area contributed by atoms with E-state index in [1.54, 1.807) is 12.1 Å². The van der Waals surface area contributed by atoms with E-state index in [0.29, 0.717) is 11.1 Å². The van der Waals surface area contributed by atoms with E-state index in [4.69, 9.17) is 0 Å². The monoisotopic (exact) mass is 316 g/mol. The Labute approximate surface area is 134 Å². The van der Waals surface area contributed by atoms with Gasteiger partial charge < -0.3 is 5.11 Å². The molecule has 0 aromatic heterocycles. The molecule has 122 valence electrons. The van der Waals surface area contributed by atoms with Crippen molar-refractivity contribution in [2.75, 3.05) is 0 Å². The fourth-order valence-electron chi connectivity index (χ4n) is 3.33. The highest BCUT2D eigenvalue weighted by Gasteiger charge is 2.46. The largest absolute Gasteiger partial charge is 0.369 e. The summed E-state index contributed by atoms with van der Waals surface area (Å²) in [7, 11) is 0. The lowest BCUT2D eigenvalue weighted by atomic mass is 9.82. The molecule has 2 unspecified atom stereocenters. The number of nitrogens with zero attached hydrogens (tertiary/aromatic N) is 1. The molecule has 3 rings (SSSR count). The van der Waals surface area contributed by atoms with Gasteiger partial charge in [-0.2, -0.15) is 0 Å².